The molecule has 3 aromatic heterocycles. The van der Waals surface area contributed by atoms with Crippen molar-refractivity contribution < 1.29 is 4.39 Å². The molecule has 0 amide bonds. The Labute approximate surface area is 167 Å². The molecule has 29 heavy (non-hydrogen) atoms. The number of imidazole rings is 1. The van der Waals surface area contributed by atoms with Crippen molar-refractivity contribution in [1.29, 1.82) is 5.26 Å². The van der Waals surface area contributed by atoms with Gasteiger partial charge in [0, 0.05) is 35.8 Å². The predicted octanol–water partition coefficient (Wildman–Crippen LogP) is 4.05. The molecule has 146 valence electrons. The van der Waals surface area contributed by atoms with Crippen molar-refractivity contribution in [3.05, 3.63) is 59.5 Å². The summed E-state index contributed by atoms with van der Waals surface area (Å²) in [4.78, 5) is 17.5. The van der Waals surface area contributed by atoms with Crippen molar-refractivity contribution >= 4 is 11.5 Å². The third kappa shape index (κ3) is 3.72. The van der Waals surface area contributed by atoms with Crippen LogP contribution in [0.2, 0.25) is 0 Å². The second-order valence-electron chi connectivity index (χ2n) is 6.94. The van der Waals surface area contributed by atoms with Crippen LogP contribution >= 0.6 is 0 Å². The lowest BCUT2D eigenvalue weighted by Crippen LogP contribution is -2.10. The third-order valence-corrected chi connectivity index (χ3v) is 4.94. The number of nitrogens with zero attached hydrogens (tertiary/aromatic N) is 6. The predicted molar refractivity (Wildman–Crippen MR) is 108 cm³/mol. The molecule has 0 unspecified atom stereocenters. The van der Waals surface area contributed by atoms with Gasteiger partial charge < -0.3 is 5.32 Å². The highest BCUT2D eigenvalue weighted by atomic mass is 19.1. The van der Waals surface area contributed by atoms with Crippen LogP contribution in [0.1, 0.15) is 36.5 Å². The lowest BCUT2D eigenvalue weighted by Gasteiger charge is -2.14. The van der Waals surface area contributed by atoms with Crippen LogP contribution in [0.4, 0.5) is 10.3 Å². The molecule has 0 atom stereocenters. The topological polar surface area (TPSA) is 91.8 Å². The standard InChI is InChI=1S/C21H20FN7/c1-13-17(10-25-14(2)28-13)18-11-26-21(29-12-27-19(9-23)20(18)29)24-7-6-15-4-3-5-16(22)8-15/h5,8,10-12H,3-4,6-7H2,1-2H3,(H,24,26). The van der Waals surface area contributed by atoms with Gasteiger partial charge in [0.05, 0.1) is 5.52 Å². The highest BCUT2D eigenvalue weighted by molar-refractivity contribution is 5.84. The molecule has 1 aliphatic carbocycles. The van der Waals surface area contributed by atoms with Crippen LogP contribution in [0.25, 0.3) is 16.6 Å². The minimum absolute atomic E-state index is 0.167. The van der Waals surface area contributed by atoms with E-state index >= 15 is 0 Å². The largest absolute Gasteiger partial charge is 0.355 e. The second-order valence-corrected chi connectivity index (χ2v) is 6.94. The van der Waals surface area contributed by atoms with Gasteiger partial charge in [-0.3, -0.25) is 4.40 Å². The minimum Gasteiger partial charge on any atom is -0.355 e. The van der Waals surface area contributed by atoms with Crippen LogP contribution in [0.3, 0.4) is 0 Å². The van der Waals surface area contributed by atoms with Gasteiger partial charge in [0.2, 0.25) is 5.95 Å². The summed E-state index contributed by atoms with van der Waals surface area (Å²) in [5.74, 6) is 1.10. The molecule has 8 heteroatoms. The molecular weight excluding hydrogens is 369 g/mol. The van der Waals surface area contributed by atoms with Crippen molar-refractivity contribution in [2.45, 2.75) is 33.1 Å². The third-order valence-electron chi connectivity index (χ3n) is 4.94. The van der Waals surface area contributed by atoms with E-state index in [1.165, 1.54) is 0 Å². The lowest BCUT2D eigenvalue weighted by atomic mass is 10.0. The van der Waals surface area contributed by atoms with Crippen molar-refractivity contribution in [3.8, 4) is 17.2 Å². The Morgan fingerprint density at radius 2 is 2.03 bits per heavy atom. The molecule has 0 radical (unpaired) electrons. The highest BCUT2D eigenvalue weighted by Crippen LogP contribution is 2.29. The summed E-state index contributed by atoms with van der Waals surface area (Å²) in [6, 6.07) is 2.15. The molecule has 0 aliphatic heterocycles. The van der Waals surface area contributed by atoms with Gasteiger partial charge >= 0.3 is 0 Å². The molecule has 0 fully saturated rings. The number of hydrogen-bond acceptors (Lipinski definition) is 6. The summed E-state index contributed by atoms with van der Waals surface area (Å²) in [5, 5.41) is 12.8. The van der Waals surface area contributed by atoms with Gasteiger partial charge in [-0.05, 0) is 45.3 Å². The molecule has 0 bridgehead atoms. The monoisotopic (exact) mass is 389 g/mol. The van der Waals surface area contributed by atoms with E-state index in [-0.39, 0.29) is 5.83 Å². The first-order valence-corrected chi connectivity index (χ1v) is 9.42. The zero-order valence-electron chi connectivity index (χ0n) is 16.3. The number of halogens is 1. The molecule has 4 rings (SSSR count). The number of nitriles is 1. The summed E-state index contributed by atoms with van der Waals surface area (Å²) in [6.45, 7) is 4.34. The van der Waals surface area contributed by atoms with Crippen molar-refractivity contribution in [2.75, 3.05) is 11.9 Å². The van der Waals surface area contributed by atoms with E-state index in [9.17, 15) is 9.65 Å². The fourth-order valence-corrected chi connectivity index (χ4v) is 3.53. The van der Waals surface area contributed by atoms with E-state index in [4.69, 9.17) is 0 Å². The van der Waals surface area contributed by atoms with Crippen LogP contribution in [0.15, 0.2) is 42.3 Å². The van der Waals surface area contributed by atoms with E-state index in [1.54, 1.807) is 35.3 Å². The fourth-order valence-electron chi connectivity index (χ4n) is 3.53. The van der Waals surface area contributed by atoms with Gasteiger partial charge in [-0.2, -0.15) is 5.26 Å². The maximum Gasteiger partial charge on any atom is 0.208 e. The Morgan fingerprint density at radius 1 is 1.21 bits per heavy atom. The summed E-state index contributed by atoms with van der Waals surface area (Å²) < 4.78 is 15.2. The number of nitrogens with one attached hydrogen (secondary N) is 1. The van der Waals surface area contributed by atoms with E-state index in [0.717, 1.165) is 41.7 Å². The highest BCUT2D eigenvalue weighted by Gasteiger charge is 2.17. The lowest BCUT2D eigenvalue weighted by molar-refractivity contribution is 0.643. The quantitative estimate of drug-likeness (QED) is 0.708. The Morgan fingerprint density at radius 3 is 2.79 bits per heavy atom. The average molecular weight is 389 g/mol. The molecule has 1 N–H and O–H groups in total. The van der Waals surface area contributed by atoms with Crippen molar-refractivity contribution in [3.63, 3.8) is 0 Å². The van der Waals surface area contributed by atoms with Gasteiger partial charge in [-0.1, -0.05) is 5.57 Å². The fraction of sp³-hybridized carbons (Fsp3) is 0.286. The van der Waals surface area contributed by atoms with E-state index in [2.05, 4.69) is 31.3 Å². The summed E-state index contributed by atoms with van der Waals surface area (Å²) in [6.07, 6.45) is 10.6. The number of aryl methyl sites for hydroxylation is 2. The molecule has 3 heterocycles. The summed E-state index contributed by atoms with van der Waals surface area (Å²) >= 11 is 0. The van der Waals surface area contributed by atoms with Gasteiger partial charge in [0.15, 0.2) is 5.69 Å². The van der Waals surface area contributed by atoms with Crippen LogP contribution in [0.5, 0.6) is 0 Å². The van der Waals surface area contributed by atoms with Gasteiger partial charge in [0.1, 0.15) is 24.0 Å². The van der Waals surface area contributed by atoms with Gasteiger partial charge in [-0.25, -0.2) is 24.3 Å². The van der Waals surface area contributed by atoms with Crippen LogP contribution in [-0.4, -0.2) is 30.9 Å². The van der Waals surface area contributed by atoms with Crippen LogP contribution in [0, 0.1) is 25.2 Å². The van der Waals surface area contributed by atoms with Gasteiger partial charge in [-0.15, -0.1) is 0 Å². The Kier molecular flexibility index (Phi) is 5.04. The molecular formula is C21H20FN7. The second kappa shape index (κ2) is 7.80. The molecule has 7 nitrogen and oxygen atoms in total. The normalized spacial score (nSPS) is 13.7. The smallest absolute Gasteiger partial charge is 0.208 e. The zero-order chi connectivity index (χ0) is 20.4. The maximum atomic E-state index is 13.4. The number of rotatable bonds is 5. The summed E-state index contributed by atoms with van der Waals surface area (Å²) in [5.41, 5.74) is 4.42. The first-order valence-electron chi connectivity index (χ1n) is 9.42. The number of fused-ring (bicyclic) bond motifs is 1. The summed E-state index contributed by atoms with van der Waals surface area (Å²) in [7, 11) is 0. The zero-order valence-corrected chi connectivity index (χ0v) is 16.3. The van der Waals surface area contributed by atoms with Crippen molar-refractivity contribution in [1.82, 2.24) is 24.3 Å². The molecule has 0 aromatic carbocycles. The van der Waals surface area contributed by atoms with E-state index in [0.29, 0.717) is 29.5 Å². The number of aromatic nitrogens is 5. The Hall–Kier alpha value is -3.60. The molecule has 3 aromatic rings. The molecule has 1 aliphatic rings. The van der Waals surface area contributed by atoms with E-state index < -0.39 is 0 Å². The number of allylic oxidation sites excluding steroid dienone is 3. The molecule has 0 saturated heterocycles. The SMILES string of the molecule is Cc1ncc(-c2cnc(NCCC3=CC(F)=CCC3)n3cnc(C#N)c23)c(C)n1. The minimum atomic E-state index is -0.167. The molecule has 0 saturated carbocycles. The van der Waals surface area contributed by atoms with Gasteiger partial charge in [0.25, 0.3) is 0 Å². The number of hydrogen-bond donors (Lipinski definition) is 1. The van der Waals surface area contributed by atoms with Crippen LogP contribution in [-0.2, 0) is 0 Å². The number of anilines is 1. The Balaban J connectivity index is 1.66. The van der Waals surface area contributed by atoms with Crippen LogP contribution < -0.4 is 5.32 Å². The first-order chi connectivity index (χ1) is 14.1. The maximum absolute atomic E-state index is 13.4. The van der Waals surface area contributed by atoms with Crippen molar-refractivity contribution in [2.24, 2.45) is 0 Å². The first kappa shape index (κ1) is 18.7. The average Bonchev–Trinajstić information content (AvgIpc) is 3.13. The molecule has 0 spiro atoms. The van der Waals surface area contributed by atoms with E-state index in [1.807, 2.05) is 13.8 Å². The Bertz CT molecular complexity index is 1180.